The van der Waals surface area contributed by atoms with E-state index in [0.717, 1.165) is 18.7 Å². The highest BCUT2D eigenvalue weighted by Crippen LogP contribution is 2.38. The third-order valence-electron chi connectivity index (χ3n) is 7.27. The lowest BCUT2D eigenvalue weighted by Gasteiger charge is -2.28. The van der Waals surface area contributed by atoms with Crippen LogP contribution >= 0.6 is 0 Å². The van der Waals surface area contributed by atoms with Gasteiger partial charge in [0, 0.05) is 34.3 Å². The SMILES string of the molecule is CC(C)(C)OC(=O)N1CCCC1COc1cc2c(cc1F)CN(c1cnn(COCC[Si](C)(C)C)c(=O)c1C(F)(F)F)C2. The molecule has 238 valence electrons. The van der Waals surface area contributed by atoms with Crippen molar-refractivity contribution in [2.75, 3.05) is 24.7 Å². The van der Waals surface area contributed by atoms with Gasteiger partial charge >= 0.3 is 12.3 Å². The summed E-state index contributed by atoms with van der Waals surface area (Å²) in [5, 5.41) is 3.95. The van der Waals surface area contributed by atoms with E-state index in [-0.39, 0.29) is 43.9 Å². The number of rotatable bonds is 9. The zero-order chi connectivity index (χ0) is 31.7. The van der Waals surface area contributed by atoms with E-state index in [1.807, 2.05) is 0 Å². The van der Waals surface area contributed by atoms with Gasteiger partial charge in [-0.2, -0.15) is 18.3 Å². The molecule has 2 aliphatic heterocycles. The fourth-order valence-electron chi connectivity index (χ4n) is 5.04. The zero-order valence-electron chi connectivity index (χ0n) is 25.5. The van der Waals surface area contributed by atoms with Gasteiger partial charge in [-0.25, -0.2) is 13.9 Å². The summed E-state index contributed by atoms with van der Waals surface area (Å²) in [5.41, 5.74) is -2.63. The van der Waals surface area contributed by atoms with Crippen LogP contribution in [0.15, 0.2) is 23.1 Å². The standard InChI is InChI=1S/C29H40F4N4O5Si/c1-28(2,3)42-27(39)36-9-7-8-21(36)17-41-24-13-20-16-35(15-19(20)12-22(24)30)23-14-34-37(18-40-10-11-43(4,5)6)26(38)25(23)29(31,32)33/h12-14,21H,7-11,15-18H2,1-6H3. The van der Waals surface area contributed by atoms with Gasteiger partial charge in [0.1, 0.15) is 24.5 Å². The van der Waals surface area contributed by atoms with Gasteiger partial charge in [-0.05, 0) is 62.9 Å². The minimum Gasteiger partial charge on any atom is -0.488 e. The summed E-state index contributed by atoms with van der Waals surface area (Å²) < 4.78 is 74.9. The van der Waals surface area contributed by atoms with Crippen LogP contribution in [0, 0.1) is 5.82 Å². The Morgan fingerprint density at radius 3 is 2.42 bits per heavy atom. The molecule has 0 aliphatic carbocycles. The smallest absolute Gasteiger partial charge is 0.423 e. The van der Waals surface area contributed by atoms with Gasteiger partial charge in [0.25, 0.3) is 5.56 Å². The van der Waals surface area contributed by atoms with Crippen molar-refractivity contribution < 1.29 is 36.6 Å². The van der Waals surface area contributed by atoms with Crippen LogP contribution in [0.3, 0.4) is 0 Å². The average Bonchev–Trinajstić information content (AvgIpc) is 3.50. The molecule has 1 aromatic carbocycles. The van der Waals surface area contributed by atoms with Crippen molar-refractivity contribution in [2.45, 2.75) is 96.9 Å². The fraction of sp³-hybridized carbons (Fsp3) is 0.621. The second-order valence-corrected chi connectivity index (χ2v) is 18.9. The summed E-state index contributed by atoms with van der Waals surface area (Å²) in [6.07, 6.45) is -2.96. The number of alkyl halides is 3. The Morgan fingerprint density at radius 2 is 1.79 bits per heavy atom. The van der Waals surface area contributed by atoms with Crippen LogP contribution in [0.5, 0.6) is 5.75 Å². The first-order chi connectivity index (χ1) is 19.9. The van der Waals surface area contributed by atoms with Crippen LogP contribution in [0.2, 0.25) is 25.7 Å². The summed E-state index contributed by atoms with van der Waals surface area (Å²) in [6.45, 7) is 12.2. The monoisotopic (exact) mass is 628 g/mol. The van der Waals surface area contributed by atoms with Gasteiger partial charge < -0.3 is 24.0 Å². The molecule has 0 spiro atoms. The molecule has 43 heavy (non-hydrogen) atoms. The minimum atomic E-state index is -4.94. The average molecular weight is 629 g/mol. The Hall–Kier alpha value is -3.13. The minimum absolute atomic E-state index is 0.000357. The first-order valence-corrected chi connectivity index (χ1v) is 18.1. The Morgan fingerprint density at radius 1 is 1.12 bits per heavy atom. The molecule has 14 heteroatoms. The molecule has 1 unspecified atom stereocenters. The molecule has 1 fully saturated rings. The molecular weight excluding hydrogens is 588 g/mol. The van der Waals surface area contributed by atoms with Crippen LogP contribution in [0.4, 0.5) is 28.0 Å². The molecule has 1 amide bonds. The largest absolute Gasteiger partial charge is 0.488 e. The molecule has 4 rings (SSSR count). The van der Waals surface area contributed by atoms with Crippen molar-refractivity contribution in [3.63, 3.8) is 0 Å². The van der Waals surface area contributed by atoms with Crippen LogP contribution in [0.1, 0.15) is 50.3 Å². The number of fused-ring (bicyclic) bond motifs is 1. The fourth-order valence-corrected chi connectivity index (χ4v) is 5.80. The topological polar surface area (TPSA) is 86.1 Å². The van der Waals surface area contributed by atoms with Crippen molar-refractivity contribution in [3.05, 3.63) is 51.2 Å². The summed E-state index contributed by atoms with van der Waals surface area (Å²) in [7, 11) is -1.42. The quantitative estimate of drug-likeness (QED) is 0.191. The maximum atomic E-state index is 15.0. The molecular formula is C29H40F4N4O5Si. The number of amides is 1. The Kier molecular flexibility index (Phi) is 9.50. The molecule has 1 aromatic heterocycles. The van der Waals surface area contributed by atoms with Crippen molar-refractivity contribution in [1.82, 2.24) is 14.7 Å². The van der Waals surface area contributed by atoms with Crippen molar-refractivity contribution >= 4 is 19.9 Å². The van der Waals surface area contributed by atoms with Crippen LogP contribution < -0.4 is 15.2 Å². The van der Waals surface area contributed by atoms with Crippen molar-refractivity contribution in [1.29, 1.82) is 0 Å². The first kappa shape index (κ1) is 32.8. The van der Waals surface area contributed by atoms with E-state index >= 15 is 4.39 Å². The number of nitrogens with zero attached hydrogens (tertiary/aromatic N) is 4. The van der Waals surface area contributed by atoms with E-state index in [1.165, 1.54) is 17.0 Å². The molecule has 9 nitrogen and oxygen atoms in total. The lowest BCUT2D eigenvalue weighted by Crippen LogP contribution is -2.42. The highest BCUT2D eigenvalue weighted by atomic mass is 28.3. The number of carbonyl (C=O) groups is 1. The number of carbonyl (C=O) groups excluding carboxylic acids is 1. The van der Waals surface area contributed by atoms with Gasteiger partial charge in [-0.15, -0.1) is 0 Å². The number of likely N-dealkylation sites (tertiary alicyclic amines) is 1. The number of anilines is 1. The van der Waals surface area contributed by atoms with Crippen LogP contribution in [-0.2, 0) is 35.5 Å². The summed E-state index contributed by atoms with van der Waals surface area (Å²) in [4.78, 5) is 28.4. The van der Waals surface area contributed by atoms with E-state index in [1.54, 1.807) is 25.7 Å². The molecule has 0 bridgehead atoms. The highest BCUT2D eigenvalue weighted by molar-refractivity contribution is 6.76. The summed E-state index contributed by atoms with van der Waals surface area (Å²) in [5.74, 6) is -0.723. The summed E-state index contributed by atoms with van der Waals surface area (Å²) >= 11 is 0. The van der Waals surface area contributed by atoms with E-state index in [0.29, 0.717) is 35.4 Å². The normalized spacial score (nSPS) is 17.4. The third-order valence-corrected chi connectivity index (χ3v) is 8.97. The van der Waals surface area contributed by atoms with E-state index in [9.17, 15) is 22.8 Å². The number of halogens is 4. The van der Waals surface area contributed by atoms with Gasteiger partial charge in [-0.1, -0.05) is 19.6 Å². The molecule has 2 aromatic rings. The van der Waals surface area contributed by atoms with E-state index in [2.05, 4.69) is 24.7 Å². The summed E-state index contributed by atoms with van der Waals surface area (Å²) in [6, 6.07) is 3.19. The van der Waals surface area contributed by atoms with Gasteiger partial charge in [-0.3, -0.25) is 4.79 Å². The maximum Gasteiger partial charge on any atom is 0.423 e. The van der Waals surface area contributed by atoms with E-state index in [4.69, 9.17) is 14.2 Å². The van der Waals surface area contributed by atoms with E-state index < -0.39 is 42.9 Å². The molecule has 0 saturated carbocycles. The number of aromatic nitrogens is 2. The van der Waals surface area contributed by atoms with Gasteiger partial charge in [0.2, 0.25) is 0 Å². The van der Waals surface area contributed by atoms with Gasteiger partial charge in [0.15, 0.2) is 11.6 Å². The number of hydrogen-bond acceptors (Lipinski definition) is 7. The van der Waals surface area contributed by atoms with Crippen LogP contribution in [0.25, 0.3) is 0 Å². The number of ether oxygens (including phenoxy) is 3. The second-order valence-electron chi connectivity index (χ2n) is 13.2. The predicted molar refractivity (Wildman–Crippen MR) is 155 cm³/mol. The molecule has 1 saturated heterocycles. The zero-order valence-corrected chi connectivity index (χ0v) is 26.5. The number of benzene rings is 1. The molecule has 3 heterocycles. The molecule has 0 radical (unpaired) electrons. The van der Waals surface area contributed by atoms with Crippen molar-refractivity contribution in [3.8, 4) is 5.75 Å². The first-order valence-electron chi connectivity index (χ1n) is 14.4. The second kappa shape index (κ2) is 12.5. The molecule has 2 aliphatic rings. The van der Waals surface area contributed by atoms with Crippen molar-refractivity contribution in [2.24, 2.45) is 0 Å². The maximum absolute atomic E-state index is 15.0. The molecule has 0 N–H and O–H groups in total. The van der Waals surface area contributed by atoms with Crippen LogP contribution in [-0.4, -0.2) is 60.2 Å². The highest BCUT2D eigenvalue weighted by Gasteiger charge is 2.41. The predicted octanol–water partition coefficient (Wildman–Crippen LogP) is 6.01. The third kappa shape index (κ3) is 8.28. The Balaban J connectivity index is 1.47. The Labute approximate surface area is 249 Å². The lowest BCUT2D eigenvalue weighted by atomic mass is 10.1. The lowest BCUT2D eigenvalue weighted by molar-refractivity contribution is -0.138. The molecule has 1 atom stereocenters. The Bertz CT molecular complexity index is 1390. The number of hydrogen-bond donors (Lipinski definition) is 0. The van der Waals surface area contributed by atoms with Gasteiger partial charge in [0.05, 0.1) is 17.9 Å².